The molecule has 1 fully saturated rings. The molecule has 0 unspecified atom stereocenters. The van der Waals surface area contributed by atoms with Gasteiger partial charge in [-0.1, -0.05) is 24.2 Å². The first-order valence-corrected chi connectivity index (χ1v) is 8.91. The van der Waals surface area contributed by atoms with E-state index in [0.717, 1.165) is 21.6 Å². The second-order valence-electron chi connectivity index (χ2n) is 7.99. The maximum Gasteiger partial charge on any atom is 0.487 e. The van der Waals surface area contributed by atoms with Crippen LogP contribution in [0.25, 0.3) is 6.08 Å². The summed E-state index contributed by atoms with van der Waals surface area (Å²) in [5, 5.41) is 0. The van der Waals surface area contributed by atoms with E-state index < -0.39 is 30.4 Å². The molecular formula is C19H23BF3NO3. The minimum Gasteiger partial charge on any atom is -0.400 e. The van der Waals surface area contributed by atoms with Gasteiger partial charge in [0.15, 0.2) is 0 Å². The van der Waals surface area contributed by atoms with E-state index in [4.69, 9.17) is 9.31 Å². The van der Waals surface area contributed by atoms with E-state index in [2.05, 4.69) is 0 Å². The van der Waals surface area contributed by atoms with Crippen molar-refractivity contribution in [2.24, 2.45) is 0 Å². The number of nitrogens with zero attached hydrogens (tertiary/aromatic N) is 1. The Kier molecular flexibility index (Phi) is 4.93. The summed E-state index contributed by atoms with van der Waals surface area (Å²) in [5.41, 5.74) is 1.65. The number of rotatable bonds is 2. The highest BCUT2D eigenvalue weighted by molar-refractivity contribution is 6.52. The van der Waals surface area contributed by atoms with Crippen LogP contribution in [0.5, 0.6) is 0 Å². The van der Waals surface area contributed by atoms with Crippen LogP contribution in [0, 0.1) is 0 Å². The Bertz CT molecular complexity index is 758. The van der Waals surface area contributed by atoms with Gasteiger partial charge in [0.25, 0.3) is 0 Å². The third-order valence-electron chi connectivity index (χ3n) is 5.49. The van der Waals surface area contributed by atoms with Crippen molar-refractivity contribution in [1.29, 1.82) is 0 Å². The van der Waals surface area contributed by atoms with Gasteiger partial charge in [0.2, 0.25) is 0 Å². The molecule has 4 nitrogen and oxygen atoms in total. The molecule has 1 aromatic rings. The molecule has 0 saturated carbocycles. The van der Waals surface area contributed by atoms with Crippen LogP contribution in [-0.4, -0.2) is 41.8 Å². The third kappa shape index (κ3) is 4.06. The van der Waals surface area contributed by atoms with Gasteiger partial charge in [0.05, 0.1) is 11.2 Å². The molecule has 1 saturated heterocycles. The summed E-state index contributed by atoms with van der Waals surface area (Å²) in [4.78, 5) is 12.3. The van der Waals surface area contributed by atoms with Crippen LogP contribution in [0.3, 0.4) is 0 Å². The molecule has 2 aliphatic rings. The molecule has 1 aromatic carbocycles. The van der Waals surface area contributed by atoms with Crippen molar-refractivity contribution in [3.63, 3.8) is 0 Å². The van der Waals surface area contributed by atoms with E-state index in [1.165, 1.54) is 0 Å². The maximum absolute atomic E-state index is 12.7. The van der Waals surface area contributed by atoms with Crippen molar-refractivity contribution >= 4 is 19.1 Å². The number of amides is 1. The van der Waals surface area contributed by atoms with Crippen molar-refractivity contribution in [1.82, 2.24) is 4.90 Å². The van der Waals surface area contributed by atoms with Gasteiger partial charge in [-0.25, -0.2) is 0 Å². The summed E-state index contributed by atoms with van der Waals surface area (Å²) in [6, 6.07) is 5.61. The van der Waals surface area contributed by atoms with E-state index in [1.54, 1.807) is 5.98 Å². The molecule has 27 heavy (non-hydrogen) atoms. The Hall–Kier alpha value is -1.80. The van der Waals surface area contributed by atoms with Crippen LogP contribution in [0.1, 0.15) is 44.4 Å². The first-order valence-electron chi connectivity index (χ1n) is 8.91. The Morgan fingerprint density at radius 1 is 1.15 bits per heavy atom. The second-order valence-corrected chi connectivity index (χ2v) is 7.99. The summed E-state index contributed by atoms with van der Waals surface area (Å²) in [7, 11) is -0.491. The largest absolute Gasteiger partial charge is 0.487 e. The Balaban J connectivity index is 1.73. The summed E-state index contributed by atoms with van der Waals surface area (Å²) < 4.78 is 49.8. The number of benzene rings is 1. The number of carbonyl (C=O) groups is 1. The Labute approximate surface area is 157 Å². The van der Waals surface area contributed by atoms with Crippen LogP contribution in [0.15, 0.2) is 24.2 Å². The molecule has 2 aliphatic heterocycles. The highest BCUT2D eigenvalue weighted by atomic mass is 19.4. The first-order chi connectivity index (χ1) is 12.4. The minimum atomic E-state index is -4.84. The molecule has 0 N–H and O–H groups in total. The smallest absolute Gasteiger partial charge is 0.400 e. The molecule has 0 spiro atoms. The summed E-state index contributed by atoms with van der Waals surface area (Å²) >= 11 is 0. The van der Waals surface area contributed by atoms with Gasteiger partial charge in [0, 0.05) is 13.1 Å². The van der Waals surface area contributed by atoms with Crippen molar-refractivity contribution in [2.75, 3.05) is 6.54 Å². The van der Waals surface area contributed by atoms with Gasteiger partial charge in [0.1, 0.15) is 0 Å². The predicted molar refractivity (Wildman–Crippen MR) is 96.7 cm³/mol. The monoisotopic (exact) mass is 381 g/mol. The minimum absolute atomic E-state index is 0.0359. The van der Waals surface area contributed by atoms with Gasteiger partial charge in [-0.05, 0) is 56.9 Å². The highest BCUT2D eigenvalue weighted by Crippen LogP contribution is 2.37. The Morgan fingerprint density at radius 2 is 1.78 bits per heavy atom. The van der Waals surface area contributed by atoms with E-state index >= 15 is 0 Å². The number of fused-ring (bicyclic) bond motifs is 1. The normalized spacial score (nSPS) is 21.6. The molecule has 2 heterocycles. The van der Waals surface area contributed by atoms with Gasteiger partial charge in [-0.2, -0.15) is 13.2 Å². The van der Waals surface area contributed by atoms with E-state index in [1.807, 2.05) is 52.0 Å². The highest BCUT2D eigenvalue weighted by Gasteiger charge is 2.50. The van der Waals surface area contributed by atoms with Crippen LogP contribution in [0.4, 0.5) is 13.2 Å². The molecule has 0 bridgehead atoms. The fourth-order valence-electron chi connectivity index (χ4n) is 3.19. The quantitative estimate of drug-likeness (QED) is 0.732. The van der Waals surface area contributed by atoms with Crippen LogP contribution >= 0.6 is 0 Å². The zero-order valence-electron chi connectivity index (χ0n) is 15.9. The van der Waals surface area contributed by atoms with Gasteiger partial charge in [-0.3, -0.25) is 4.79 Å². The molecule has 3 rings (SSSR count). The van der Waals surface area contributed by atoms with Crippen LogP contribution in [-0.2, 0) is 27.1 Å². The van der Waals surface area contributed by atoms with Crippen molar-refractivity contribution in [3.8, 4) is 0 Å². The summed E-state index contributed by atoms with van der Waals surface area (Å²) in [6.07, 6.45) is -2.60. The molecule has 0 aliphatic carbocycles. The first kappa shape index (κ1) is 20.0. The van der Waals surface area contributed by atoms with Crippen molar-refractivity contribution < 1.29 is 27.3 Å². The number of hydrogen-bond acceptors (Lipinski definition) is 3. The van der Waals surface area contributed by atoms with Gasteiger partial charge in [-0.15, -0.1) is 0 Å². The average molecular weight is 381 g/mol. The Morgan fingerprint density at radius 3 is 2.37 bits per heavy atom. The lowest BCUT2D eigenvalue weighted by Gasteiger charge is -2.32. The average Bonchev–Trinajstić information content (AvgIpc) is 2.77. The topological polar surface area (TPSA) is 38.8 Å². The number of alkyl halides is 3. The standard InChI is InChI=1S/C19H23BF3NO3/c1-17(2)18(3,4)27-20(26-17)9-7-13-5-6-14-8-10-24(12-15(14)11-13)16(25)19(21,22)23/h5-7,9,11H,8,10,12H2,1-4H3. The van der Waals surface area contributed by atoms with Crippen molar-refractivity contribution in [3.05, 3.63) is 40.9 Å². The van der Waals surface area contributed by atoms with Gasteiger partial charge < -0.3 is 14.2 Å². The number of halogens is 3. The van der Waals surface area contributed by atoms with Crippen molar-refractivity contribution in [2.45, 2.75) is 58.0 Å². The molecule has 1 amide bonds. The second kappa shape index (κ2) is 6.67. The lowest BCUT2D eigenvalue weighted by Crippen LogP contribution is -2.43. The lowest BCUT2D eigenvalue weighted by atomic mass is 9.88. The zero-order chi connectivity index (χ0) is 20.0. The molecule has 146 valence electrons. The molecular weight excluding hydrogens is 358 g/mol. The maximum atomic E-state index is 12.7. The van der Waals surface area contributed by atoms with Crippen LogP contribution in [0.2, 0.25) is 0 Å². The third-order valence-corrected chi connectivity index (χ3v) is 5.49. The molecule has 0 atom stereocenters. The fraction of sp³-hybridized carbons (Fsp3) is 0.526. The molecule has 0 aromatic heterocycles. The number of carbonyl (C=O) groups excluding carboxylic acids is 1. The van der Waals surface area contributed by atoms with E-state index in [0.29, 0.717) is 6.42 Å². The van der Waals surface area contributed by atoms with Gasteiger partial charge >= 0.3 is 19.2 Å². The fourth-order valence-corrected chi connectivity index (χ4v) is 3.19. The molecule has 8 heteroatoms. The summed E-state index contributed by atoms with van der Waals surface area (Å²) in [5.74, 6) is 0.00554. The summed E-state index contributed by atoms with van der Waals surface area (Å²) in [6.45, 7) is 7.90. The number of hydrogen-bond donors (Lipinski definition) is 0. The van der Waals surface area contributed by atoms with E-state index in [-0.39, 0.29) is 13.1 Å². The predicted octanol–water partition coefficient (Wildman–Crippen LogP) is 3.78. The van der Waals surface area contributed by atoms with Crippen LogP contribution < -0.4 is 0 Å². The SMILES string of the molecule is CC1(C)OB(C=Cc2ccc3c(c2)CN(C(=O)C(F)(F)F)CC3)OC1(C)C. The lowest BCUT2D eigenvalue weighted by molar-refractivity contribution is -0.186. The van der Waals surface area contributed by atoms with E-state index in [9.17, 15) is 18.0 Å². The zero-order valence-corrected chi connectivity index (χ0v) is 15.9. The molecule has 0 radical (unpaired) electrons.